The van der Waals surface area contributed by atoms with Gasteiger partial charge in [0.2, 0.25) is 11.1 Å². The smallest absolute Gasteiger partial charge is 0.236 e. The molecular formula is C26H25N5O2S. The fourth-order valence-corrected chi connectivity index (χ4v) is 5.01. The van der Waals surface area contributed by atoms with Gasteiger partial charge < -0.3 is 15.5 Å². The quantitative estimate of drug-likeness (QED) is 0.415. The van der Waals surface area contributed by atoms with Gasteiger partial charge in [-0.2, -0.15) is 0 Å². The topological polar surface area (TPSA) is 81.1 Å². The van der Waals surface area contributed by atoms with Gasteiger partial charge in [0, 0.05) is 12.1 Å². The molecule has 2 N–H and O–H groups in total. The average Bonchev–Trinajstić information content (AvgIpc) is 3.31. The third-order valence-electron chi connectivity index (χ3n) is 5.59. The number of carbonyl (C=O) groups is 1. The van der Waals surface area contributed by atoms with Crippen LogP contribution in [0.1, 0.15) is 24.1 Å². The van der Waals surface area contributed by atoms with Gasteiger partial charge in [0.1, 0.15) is 11.0 Å². The van der Waals surface area contributed by atoms with E-state index >= 15 is 0 Å². The zero-order chi connectivity index (χ0) is 23.3. The molecule has 34 heavy (non-hydrogen) atoms. The number of hydrogen-bond donors (Lipinski definition) is 2. The lowest BCUT2D eigenvalue weighted by atomic mass is 10.0. The second-order valence-electron chi connectivity index (χ2n) is 7.86. The molecule has 0 saturated carbocycles. The lowest BCUT2D eigenvalue weighted by molar-refractivity contribution is -0.121. The fourth-order valence-electron chi connectivity index (χ4n) is 3.90. The number of carbonyl (C=O) groups excluding carboxylic acids is 1. The molecule has 7 nitrogen and oxygen atoms in total. The first-order valence-electron chi connectivity index (χ1n) is 11.2. The normalized spacial score (nSPS) is 16.9. The molecule has 4 aromatic rings. The van der Waals surface area contributed by atoms with Crippen LogP contribution < -0.4 is 15.5 Å². The summed E-state index contributed by atoms with van der Waals surface area (Å²) in [6, 6.07) is 27.4. The molecule has 1 amide bonds. The zero-order valence-corrected chi connectivity index (χ0v) is 19.5. The highest BCUT2D eigenvalue weighted by Gasteiger charge is 2.38. The largest absolute Gasteiger partial charge is 0.494 e. The lowest BCUT2D eigenvalue weighted by Gasteiger charge is -2.33. The number of rotatable bonds is 7. The van der Waals surface area contributed by atoms with E-state index in [2.05, 4.69) is 20.9 Å². The van der Waals surface area contributed by atoms with Crippen LogP contribution in [0.15, 0.2) is 90.1 Å². The van der Waals surface area contributed by atoms with Crippen LogP contribution in [0.25, 0.3) is 11.4 Å². The number of hydrogen-bond acceptors (Lipinski definition) is 6. The molecule has 0 aliphatic carbocycles. The van der Waals surface area contributed by atoms with Crippen molar-refractivity contribution in [1.82, 2.24) is 20.2 Å². The lowest BCUT2D eigenvalue weighted by Crippen LogP contribution is -2.43. The number of amides is 1. The van der Waals surface area contributed by atoms with E-state index in [-0.39, 0.29) is 11.9 Å². The third-order valence-corrected chi connectivity index (χ3v) is 6.80. The minimum absolute atomic E-state index is 0.0595. The van der Waals surface area contributed by atoms with Gasteiger partial charge in [0.05, 0.1) is 12.6 Å². The Morgan fingerprint density at radius 2 is 1.71 bits per heavy atom. The van der Waals surface area contributed by atoms with Crippen LogP contribution >= 0.6 is 11.8 Å². The molecule has 2 atom stereocenters. The highest BCUT2D eigenvalue weighted by molar-refractivity contribution is 8.00. The van der Waals surface area contributed by atoms with E-state index in [4.69, 9.17) is 4.74 Å². The van der Waals surface area contributed by atoms with Gasteiger partial charge in [0.15, 0.2) is 5.82 Å². The third kappa shape index (κ3) is 4.63. The van der Waals surface area contributed by atoms with E-state index < -0.39 is 5.25 Å². The Labute approximate surface area is 202 Å². The summed E-state index contributed by atoms with van der Waals surface area (Å²) in [6.07, 6.45) is 0. The van der Waals surface area contributed by atoms with E-state index in [0.29, 0.717) is 24.1 Å². The summed E-state index contributed by atoms with van der Waals surface area (Å²) in [6.45, 7) is 3.03. The van der Waals surface area contributed by atoms with Crippen molar-refractivity contribution in [3.05, 3.63) is 96.1 Å². The SMILES string of the molecule is CCOc1ccc(C2Nn3c(nnc3-c3ccccc3)SC2C(=O)NCc2ccccc2)cc1. The summed E-state index contributed by atoms with van der Waals surface area (Å²) < 4.78 is 7.48. The van der Waals surface area contributed by atoms with Gasteiger partial charge in [-0.25, -0.2) is 4.68 Å². The Balaban J connectivity index is 1.45. The van der Waals surface area contributed by atoms with Crippen LogP contribution in [-0.4, -0.2) is 32.6 Å². The van der Waals surface area contributed by atoms with Gasteiger partial charge in [-0.15, -0.1) is 10.2 Å². The Bertz CT molecular complexity index is 1250. The fraction of sp³-hybridized carbons (Fsp3) is 0.192. The maximum Gasteiger partial charge on any atom is 0.236 e. The highest BCUT2D eigenvalue weighted by atomic mass is 32.2. The first-order chi connectivity index (χ1) is 16.7. The predicted octanol–water partition coefficient (Wildman–Crippen LogP) is 4.42. The van der Waals surface area contributed by atoms with Gasteiger partial charge in [-0.1, -0.05) is 84.6 Å². The summed E-state index contributed by atoms with van der Waals surface area (Å²) >= 11 is 1.42. The second-order valence-corrected chi connectivity index (χ2v) is 8.97. The summed E-state index contributed by atoms with van der Waals surface area (Å²) in [5, 5.41) is 12.1. The van der Waals surface area contributed by atoms with E-state index in [1.54, 1.807) is 0 Å². The molecule has 0 saturated heterocycles. The summed E-state index contributed by atoms with van der Waals surface area (Å²) in [5.41, 5.74) is 6.49. The van der Waals surface area contributed by atoms with Gasteiger partial charge in [-0.05, 0) is 30.2 Å². The van der Waals surface area contributed by atoms with Crippen LogP contribution in [0.2, 0.25) is 0 Å². The monoisotopic (exact) mass is 471 g/mol. The van der Waals surface area contributed by atoms with E-state index in [1.807, 2.05) is 96.5 Å². The number of thioether (sulfide) groups is 1. The van der Waals surface area contributed by atoms with Crippen LogP contribution in [0.5, 0.6) is 5.75 Å². The molecule has 1 aromatic heterocycles. The first-order valence-corrected chi connectivity index (χ1v) is 12.1. The molecule has 5 rings (SSSR count). The van der Waals surface area contributed by atoms with Gasteiger partial charge in [-0.3, -0.25) is 4.79 Å². The number of nitrogens with zero attached hydrogens (tertiary/aromatic N) is 3. The molecule has 2 unspecified atom stereocenters. The predicted molar refractivity (Wildman–Crippen MR) is 133 cm³/mol. The molecular weight excluding hydrogens is 446 g/mol. The van der Waals surface area contributed by atoms with Crippen LogP contribution in [0, 0.1) is 0 Å². The van der Waals surface area contributed by atoms with E-state index in [0.717, 1.165) is 22.4 Å². The second kappa shape index (κ2) is 10.0. The molecule has 1 aliphatic rings. The minimum Gasteiger partial charge on any atom is -0.494 e. The van der Waals surface area contributed by atoms with E-state index in [1.165, 1.54) is 11.8 Å². The number of benzene rings is 3. The molecule has 0 fully saturated rings. The van der Waals surface area contributed by atoms with Gasteiger partial charge in [0.25, 0.3) is 0 Å². The standard InChI is InChI=1S/C26H25N5O2S/c1-2-33-21-15-13-19(14-16-21)22-23(25(32)27-17-18-9-5-3-6-10-18)34-26-29-28-24(31(26)30-22)20-11-7-4-8-12-20/h3-16,22-23,30H,2,17H2,1H3,(H,27,32). The molecule has 172 valence electrons. The van der Waals surface area contributed by atoms with Crippen molar-refractivity contribution in [1.29, 1.82) is 0 Å². The van der Waals surface area contributed by atoms with Crippen molar-refractivity contribution in [2.45, 2.75) is 29.9 Å². The highest BCUT2D eigenvalue weighted by Crippen LogP contribution is 2.39. The molecule has 0 spiro atoms. The number of nitrogens with one attached hydrogen (secondary N) is 2. The molecule has 8 heteroatoms. The zero-order valence-electron chi connectivity index (χ0n) is 18.7. The van der Waals surface area contributed by atoms with Crippen LogP contribution in [0.3, 0.4) is 0 Å². The molecule has 0 radical (unpaired) electrons. The van der Waals surface area contributed by atoms with Crippen molar-refractivity contribution in [2.24, 2.45) is 0 Å². The molecule has 0 bridgehead atoms. The van der Waals surface area contributed by atoms with Crippen molar-refractivity contribution in [3.8, 4) is 17.1 Å². The number of ether oxygens (including phenoxy) is 1. The Hall–Kier alpha value is -3.78. The first kappa shape index (κ1) is 22.0. The van der Waals surface area contributed by atoms with Crippen molar-refractivity contribution in [3.63, 3.8) is 0 Å². The number of aromatic nitrogens is 3. The molecule has 1 aliphatic heterocycles. The van der Waals surface area contributed by atoms with E-state index in [9.17, 15) is 4.79 Å². The summed E-state index contributed by atoms with van der Waals surface area (Å²) in [4.78, 5) is 13.4. The van der Waals surface area contributed by atoms with Crippen molar-refractivity contribution in [2.75, 3.05) is 12.0 Å². The van der Waals surface area contributed by atoms with Crippen molar-refractivity contribution >= 4 is 17.7 Å². The Kier molecular flexibility index (Phi) is 6.49. The summed E-state index contributed by atoms with van der Waals surface area (Å²) in [5.74, 6) is 1.45. The Morgan fingerprint density at radius 1 is 1.00 bits per heavy atom. The average molecular weight is 472 g/mol. The molecule has 3 aromatic carbocycles. The minimum atomic E-state index is -0.429. The van der Waals surface area contributed by atoms with Crippen LogP contribution in [0.4, 0.5) is 0 Å². The number of fused-ring (bicyclic) bond motifs is 1. The summed E-state index contributed by atoms with van der Waals surface area (Å²) in [7, 11) is 0. The molecule has 2 heterocycles. The Morgan fingerprint density at radius 3 is 2.41 bits per heavy atom. The van der Waals surface area contributed by atoms with Gasteiger partial charge >= 0.3 is 0 Å². The van der Waals surface area contributed by atoms with Crippen molar-refractivity contribution < 1.29 is 9.53 Å². The maximum atomic E-state index is 13.4. The maximum absolute atomic E-state index is 13.4. The van der Waals surface area contributed by atoms with Crippen LogP contribution in [-0.2, 0) is 11.3 Å².